The van der Waals surface area contributed by atoms with Crippen molar-refractivity contribution in [1.82, 2.24) is 4.98 Å². The SMILES string of the molecule is C[C@H](C#N)Sc1nc2cc(Cl)ccc2s1. The molecule has 15 heavy (non-hydrogen) atoms. The maximum Gasteiger partial charge on any atom is 0.152 e. The van der Waals surface area contributed by atoms with Gasteiger partial charge in [0.2, 0.25) is 0 Å². The van der Waals surface area contributed by atoms with Gasteiger partial charge in [-0.05, 0) is 25.1 Å². The van der Waals surface area contributed by atoms with E-state index in [0.29, 0.717) is 5.02 Å². The molecule has 1 aromatic heterocycles. The number of hydrogen-bond donors (Lipinski definition) is 0. The number of benzene rings is 1. The lowest BCUT2D eigenvalue weighted by molar-refractivity contribution is 1.21. The van der Waals surface area contributed by atoms with Gasteiger partial charge in [0.05, 0.1) is 21.5 Å². The number of nitriles is 1. The van der Waals surface area contributed by atoms with Gasteiger partial charge in [-0.1, -0.05) is 23.4 Å². The Bertz CT molecular complexity index is 530. The smallest absolute Gasteiger partial charge is 0.152 e. The molecule has 76 valence electrons. The van der Waals surface area contributed by atoms with Crippen LogP contribution in [-0.4, -0.2) is 10.2 Å². The van der Waals surface area contributed by atoms with Gasteiger partial charge in [-0.3, -0.25) is 0 Å². The van der Waals surface area contributed by atoms with Crippen molar-refractivity contribution in [2.45, 2.75) is 16.5 Å². The highest BCUT2D eigenvalue weighted by Crippen LogP contribution is 2.32. The van der Waals surface area contributed by atoms with E-state index in [0.717, 1.165) is 14.6 Å². The van der Waals surface area contributed by atoms with Crippen molar-refractivity contribution < 1.29 is 0 Å². The first kappa shape index (κ1) is 10.7. The second kappa shape index (κ2) is 4.40. The van der Waals surface area contributed by atoms with Gasteiger partial charge < -0.3 is 0 Å². The first-order valence-electron chi connectivity index (χ1n) is 4.31. The van der Waals surface area contributed by atoms with Crippen LogP contribution in [0.1, 0.15) is 6.92 Å². The summed E-state index contributed by atoms with van der Waals surface area (Å²) in [6.45, 7) is 1.86. The highest BCUT2D eigenvalue weighted by atomic mass is 35.5. The first-order valence-corrected chi connectivity index (χ1v) is 6.39. The quantitative estimate of drug-likeness (QED) is 0.762. The summed E-state index contributed by atoms with van der Waals surface area (Å²) in [5.74, 6) is 0. The van der Waals surface area contributed by atoms with Crippen LogP contribution >= 0.6 is 34.7 Å². The molecule has 0 saturated heterocycles. The van der Waals surface area contributed by atoms with Crippen molar-refractivity contribution in [2.75, 3.05) is 0 Å². The summed E-state index contributed by atoms with van der Waals surface area (Å²) in [7, 11) is 0. The van der Waals surface area contributed by atoms with Gasteiger partial charge in [0.1, 0.15) is 0 Å². The highest BCUT2D eigenvalue weighted by molar-refractivity contribution is 8.01. The van der Waals surface area contributed by atoms with Crippen molar-refractivity contribution in [3.63, 3.8) is 0 Å². The van der Waals surface area contributed by atoms with E-state index in [1.54, 1.807) is 11.3 Å². The second-order valence-electron chi connectivity index (χ2n) is 2.98. The van der Waals surface area contributed by atoms with E-state index in [4.69, 9.17) is 16.9 Å². The molecule has 0 N–H and O–H groups in total. The predicted molar refractivity (Wildman–Crippen MR) is 65.6 cm³/mol. The number of halogens is 1. The fourth-order valence-corrected chi connectivity index (χ4v) is 3.35. The Balaban J connectivity index is 2.35. The summed E-state index contributed by atoms with van der Waals surface area (Å²) >= 11 is 8.94. The molecule has 5 heteroatoms. The molecule has 0 aliphatic carbocycles. The average molecular weight is 255 g/mol. The highest BCUT2D eigenvalue weighted by Gasteiger charge is 2.08. The Labute approximate surface area is 101 Å². The summed E-state index contributed by atoms with van der Waals surface area (Å²) in [5.41, 5.74) is 0.903. The van der Waals surface area contributed by atoms with E-state index in [9.17, 15) is 0 Å². The number of thioether (sulfide) groups is 1. The third-order valence-corrected chi connectivity index (χ3v) is 4.15. The van der Waals surface area contributed by atoms with Crippen molar-refractivity contribution in [3.05, 3.63) is 23.2 Å². The summed E-state index contributed by atoms with van der Waals surface area (Å²) in [6.07, 6.45) is 0. The molecule has 2 rings (SSSR count). The van der Waals surface area contributed by atoms with Crippen molar-refractivity contribution in [2.24, 2.45) is 0 Å². The molecule has 0 amide bonds. The van der Waals surface area contributed by atoms with Crippen LogP contribution in [0.2, 0.25) is 5.02 Å². The van der Waals surface area contributed by atoms with Crippen LogP contribution in [-0.2, 0) is 0 Å². The zero-order valence-electron chi connectivity index (χ0n) is 7.90. The minimum absolute atomic E-state index is 0.0685. The van der Waals surface area contributed by atoms with E-state index in [-0.39, 0.29) is 5.25 Å². The number of rotatable bonds is 2. The predicted octanol–water partition coefficient (Wildman–Crippen LogP) is 3.95. The molecule has 0 radical (unpaired) electrons. The Morgan fingerprint density at radius 2 is 2.40 bits per heavy atom. The van der Waals surface area contributed by atoms with E-state index in [1.807, 2.05) is 25.1 Å². The number of fused-ring (bicyclic) bond motifs is 1. The Morgan fingerprint density at radius 1 is 1.60 bits per heavy atom. The van der Waals surface area contributed by atoms with Gasteiger partial charge in [-0.25, -0.2) is 4.98 Å². The maximum absolute atomic E-state index is 8.70. The summed E-state index contributed by atoms with van der Waals surface area (Å²) in [4.78, 5) is 4.41. The standard InChI is InChI=1S/C10H7ClN2S2/c1-6(5-12)14-10-13-8-4-7(11)2-3-9(8)15-10/h2-4,6H,1H3/t6-/m1/s1. The third-order valence-electron chi connectivity index (χ3n) is 1.79. The summed E-state index contributed by atoms with van der Waals surface area (Å²) < 4.78 is 2.02. The zero-order chi connectivity index (χ0) is 10.8. The monoisotopic (exact) mass is 254 g/mol. The van der Waals surface area contributed by atoms with Crippen LogP contribution in [0, 0.1) is 11.3 Å². The molecule has 0 spiro atoms. The van der Waals surface area contributed by atoms with Crippen LogP contribution in [0.25, 0.3) is 10.2 Å². The van der Waals surface area contributed by atoms with E-state index >= 15 is 0 Å². The Hall–Kier alpha value is -0.760. The van der Waals surface area contributed by atoms with Gasteiger partial charge in [-0.15, -0.1) is 11.3 Å². The number of hydrogen-bond acceptors (Lipinski definition) is 4. The van der Waals surface area contributed by atoms with E-state index < -0.39 is 0 Å². The van der Waals surface area contributed by atoms with Crippen LogP contribution in [0.3, 0.4) is 0 Å². The number of nitrogens with zero attached hydrogens (tertiary/aromatic N) is 2. The Kier molecular flexibility index (Phi) is 3.15. The topological polar surface area (TPSA) is 36.7 Å². The van der Waals surface area contributed by atoms with Gasteiger partial charge in [0, 0.05) is 5.02 Å². The molecule has 2 nitrogen and oxygen atoms in total. The van der Waals surface area contributed by atoms with Crippen molar-refractivity contribution in [3.8, 4) is 6.07 Å². The molecule has 0 aliphatic rings. The molecule has 1 atom stereocenters. The minimum Gasteiger partial charge on any atom is -0.230 e. The zero-order valence-corrected chi connectivity index (χ0v) is 10.3. The molecule has 1 heterocycles. The van der Waals surface area contributed by atoms with Gasteiger partial charge >= 0.3 is 0 Å². The average Bonchev–Trinajstić information content (AvgIpc) is 2.59. The van der Waals surface area contributed by atoms with Crippen LogP contribution in [0.15, 0.2) is 22.5 Å². The van der Waals surface area contributed by atoms with E-state index in [1.165, 1.54) is 11.8 Å². The van der Waals surface area contributed by atoms with Crippen molar-refractivity contribution >= 4 is 44.9 Å². The molecule has 1 aromatic carbocycles. The lowest BCUT2D eigenvalue weighted by Crippen LogP contribution is -1.87. The second-order valence-corrected chi connectivity index (χ2v) is 6.04. The fourth-order valence-electron chi connectivity index (χ4n) is 1.11. The molecule has 0 unspecified atom stereocenters. The van der Waals surface area contributed by atoms with Crippen LogP contribution < -0.4 is 0 Å². The molecule has 0 aliphatic heterocycles. The number of thiazole rings is 1. The van der Waals surface area contributed by atoms with Crippen molar-refractivity contribution in [1.29, 1.82) is 5.26 Å². The van der Waals surface area contributed by atoms with Gasteiger partial charge in [0.15, 0.2) is 4.34 Å². The molecule has 0 bridgehead atoms. The van der Waals surface area contributed by atoms with Crippen LogP contribution in [0.5, 0.6) is 0 Å². The van der Waals surface area contributed by atoms with Gasteiger partial charge in [-0.2, -0.15) is 5.26 Å². The molecule has 2 aromatic rings. The normalized spacial score (nSPS) is 12.6. The molecular formula is C10H7ClN2S2. The summed E-state index contributed by atoms with van der Waals surface area (Å²) in [5, 5.41) is 9.32. The molecule has 0 fully saturated rings. The Morgan fingerprint density at radius 3 is 3.13 bits per heavy atom. The largest absolute Gasteiger partial charge is 0.230 e. The summed E-state index contributed by atoms with van der Waals surface area (Å²) in [6, 6.07) is 7.82. The third kappa shape index (κ3) is 2.43. The fraction of sp³-hybridized carbons (Fsp3) is 0.200. The minimum atomic E-state index is -0.0685. The van der Waals surface area contributed by atoms with E-state index in [2.05, 4.69) is 11.1 Å². The van der Waals surface area contributed by atoms with Crippen LogP contribution in [0.4, 0.5) is 0 Å². The number of aromatic nitrogens is 1. The maximum atomic E-state index is 8.70. The first-order chi connectivity index (χ1) is 7.19. The molecular weight excluding hydrogens is 248 g/mol. The lowest BCUT2D eigenvalue weighted by Gasteiger charge is -1.94. The van der Waals surface area contributed by atoms with Gasteiger partial charge in [0.25, 0.3) is 0 Å². The molecule has 0 saturated carbocycles. The lowest BCUT2D eigenvalue weighted by atomic mass is 10.3.